The van der Waals surface area contributed by atoms with E-state index >= 15 is 0 Å². The summed E-state index contributed by atoms with van der Waals surface area (Å²) in [6.07, 6.45) is 1.87. The first kappa shape index (κ1) is 16.0. The van der Waals surface area contributed by atoms with Crippen molar-refractivity contribution in [3.63, 3.8) is 0 Å². The zero-order valence-corrected chi connectivity index (χ0v) is 12.7. The Kier molecular flexibility index (Phi) is 4.40. The number of rotatable bonds is 6. The minimum Gasteiger partial charge on any atom is -0.493 e. The van der Waals surface area contributed by atoms with E-state index in [-0.39, 0.29) is 18.1 Å². The number of nitrogens with one attached hydrogen (secondary N) is 1. The lowest BCUT2D eigenvalue weighted by Gasteiger charge is -2.40. The average Bonchev–Trinajstić information content (AvgIpc) is 2.42. The number of aliphatic hydroxyl groups excluding tert-OH is 1. The van der Waals surface area contributed by atoms with Crippen LogP contribution in [0.2, 0.25) is 0 Å². The smallest absolute Gasteiger partial charge is 0.244 e. The molecule has 1 aromatic carbocycles. The molecule has 118 valence electrons. The molecule has 0 radical (unpaired) electrons. The first-order valence-corrected chi connectivity index (χ1v) is 7.92. The van der Waals surface area contributed by atoms with Crippen LogP contribution in [0.15, 0.2) is 17.0 Å². The molecule has 0 spiro atoms. The molecule has 2 rings (SSSR count). The van der Waals surface area contributed by atoms with Crippen LogP contribution < -0.4 is 14.2 Å². The molecular weight excluding hydrogens is 301 g/mol. The molecule has 0 unspecified atom stereocenters. The van der Waals surface area contributed by atoms with Gasteiger partial charge in [-0.25, -0.2) is 17.5 Å². The summed E-state index contributed by atoms with van der Waals surface area (Å²) in [7, 11) is -1.43. The largest absolute Gasteiger partial charge is 0.493 e. The highest BCUT2D eigenvalue weighted by atomic mass is 32.2. The van der Waals surface area contributed by atoms with E-state index in [1.54, 1.807) is 0 Å². The number of hydrogen-bond acceptors (Lipinski definition) is 5. The standard InChI is InChI=1S/C13H18FNO5S/c1-19-10-6-9(14)12(7-11(10)20-2)21(17,18)15-13(8-16)4-3-5-13/h6-7,15-16H,3-5,8H2,1-2H3. The molecule has 0 atom stereocenters. The Bertz CT molecular complexity index is 622. The van der Waals surface area contributed by atoms with Crippen LogP contribution in [0.3, 0.4) is 0 Å². The highest BCUT2D eigenvalue weighted by Gasteiger charge is 2.41. The lowest BCUT2D eigenvalue weighted by molar-refractivity contribution is 0.110. The summed E-state index contributed by atoms with van der Waals surface area (Å²) >= 11 is 0. The van der Waals surface area contributed by atoms with E-state index in [1.807, 2.05) is 0 Å². The van der Waals surface area contributed by atoms with Crippen molar-refractivity contribution in [1.29, 1.82) is 0 Å². The molecule has 21 heavy (non-hydrogen) atoms. The van der Waals surface area contributed by atoms with E-state index in [0.717, 1.165) is 18.6 Å². The Morgan fingerprint density at radius 1 is 1.29 bits per heavy atom. The normalized spacial score (nSPS) is 17.1. The zero-order chi connectivity index (χ0) is 15.7. The fourth-order valence-corrected chi connectivity index (χ4v) is 3.80. The number of sulfonamides is 1. The second-order valence-electron chi connectivity index (χ2n) is 5.04. The van der Waals surface area contributed by atoms with Crippen molar-refractivity contribution in [2.75, 3.05) is 20.8 Å². The van der Waals surface area contributed by atoms with Gasteiger partial charge < -0.3 is 14.6 Å². The van der Waals surface area contributed by atoms with Gasteiger partial charge >= 0.3 is 0 Å². The van der Waals surface area contributed by atoms with E-state index < -0.39 is 26.3 Å². The third kappa shape index (κ3) is 2.97. The summed E-state index contributed by atoms with van der Waals surface area (Å²) < 4.78 is 51.0. The highest BCUT2D eigenvalue weighted by molar-refractivity contribution is 7.89. The number of halogens is 1. The quantitative estimate of drug-likeness (QED) is 0.818. The summed E-state index contributed by atoms with van der Waals surface area (Å²) in [5.74, 6) is -0.715. The van der Waals surface area contributed by atoms with Gasteiger partial charge in [-0.1, -0.05) is 0 Å². The SMILES string of the molecule is COc1cc(F)c(S(=O)(=O)NC2(CO)CCC2)cc1OC. The maximum atomic E-state index is 14.0. The molecule has 1 fully saturated rings. The maximum absolute atomic E-state index is 14.0. The van der Waals surface area contributed by atoms with Crippen LogP contribution in [0.1, 0.15) is 19.3 Å². The molecule has 0 aliphatic heterocycles. The minimum absolute atomic E-state index is 0.106. The molecule has 8 heteroatoms. The average molecular weight is 319 g/mol. The van der Waals surface area contributed by atoms with Gasteiger partial charge in [0.05, 0.1) is 26.4 Å². The summed E-state index contributed by atoms with van der Waals surface area (Å²) in [6.45, 7) is -0.318. The third-order valence-corrected chi connectivity index (χ3v) is 5.29. The van der Waals surface area contributed by atoms with Crippen LogP contribution in [0.25, 0.3) is 0 Å². The van der Waals surface area contributed by atoms with Crippen molar-refractivity contribution in [3.05, 3.63) is 17.9 Å². The molecule has 1 aromatic rings. The molecule has 6 nitrogen and oxygen atoms in total. The van der Waals surface area contributed by atoms with Crippen LogP contribution in [0, 0.1) is 5.82 Å². The van der Waals surface area contributed by atoms with Gasteiger partial charge in [0.15, 0.2) is 11.5 Å². The maximum Gasteiger partial charge on any atom is 0.244 e. The molecule has 1 aliphatic rings. The van der Waals surface area contributed by atoms with Crippen molar-refractivity contribution in [1.82, 2.24) is 4.72 Å². The Morgan fingerprint density at radius 2 is 1.86 bits per heavy atom. The van der Waals surface area contributed by atoms with Crippen molar-refractivity contribution in [2.24, 2.45) is 0 Å². The molecule has 0 bridgehead atoms. The zero-order valence-electron chi connectivity index (χ0n) is 11.8. The van der Waals surface area contributed by atoms with Crippen LogP contribution in [-0.4, -0.2) is 39.9 Å². The van der Waals surface area contributed by atoms with Crippen LogP contribution in [-0.2, 0) is 10.0 Å². The summed E-state index contributed by atoms with van der Waals surface area (Å²) in [4.78, 5) is -0.528. The molecule has 0 amide bonds. The Balaban J connectivity index is 2.40. The topological polar surface area (TPSA) is 84.9 Å². The monoisotopic (exact) mass is 319 g/mol. The molecule has 0 aromatic heterocycles. The molecule has 1 aliphatic carbocycles. The molecule has 0 saturated heterocycles. The number of ether oxygens (including phenoxy) is 2. The van der Waals surface area contributed by atoms with E-state index in [0.29, 0.717) is 12.8 Å². The van der Waals surface area contributed by atoms with E-state index in [1.165, 1.54) is 14.2 Å². The van der Waals surface area contributed by atoms with Gasteiger partial charge in [-0.2, -0.15) is 0 Å². The summed E-state index contributed by atoms with van der Waals surface area (Å²) in [6, 6.07) is 2.03. The van der Waals surface area contributed by atoms with E-state index in [2.05, 4.69) is 4.72 Å². The fraction of sp³-hybridized carbons (Fsp3) is 0.538. The minimum atomic E-state index is -4.10. The first-order chi connectivity index (χ1) is 9.87. The van der Waals surface area contributed by atoms with Crippen LogP contribution in [0.5, 0.6) is 11.5 Å². The lowest BCUT2D eigenvalue weighted by atomic mass is 9.78. The van der Waals surface area contributed by atoms with Crippen LogP contribution in [0.4, 0.5) is 4.39 Å². The number of aliphatic hydroxyl groups is 1. The van der Waals surface area contributed by atoms with Gasteiger partial charge in [0.2, 0.25) is 10.0 Å². The Morgan fingerprint density at radius 3 is 2.29 bits per heavy atom. The molecule has 0 heterocycles. The summed E-state index contributed by atoms with van der Waals surface area (Å²) in [5.41, 5.74) is -0.890. The first-order valence-electron chi connectivity index (χ1n) is 6.44. The van der Waals surface area contributed by atoms with Gasteiger partial charge in [-0.3, -0.25) is 0 Å². The van der Waals surface area contributed by atoms with Crippen LogP contribution >= 0.6 is 0 Å². The van der Waals surface area contributed by atoms with E-state index in [9.17, 15) is 17.9 Å². The fourth-order valence-electron chi connectivity index (χ4n) is 2.28. The number of benzene rings is 1. The molecule has 1 saturated carbocycles. The Hall–Kier alpha value is -1.38. The van der Waals surface area contributed by atoms with Gasteiger partial charge in [-0.15, -0.1) is 0 Å². The van der Waals surface area contributed by atoms with Gasteiger partial charge in [-0.05, 0) is 19.3 Å². The van der Waals surface area contributed by atoms with E-state index in [4.69, 9.17) is 9.47 Å². The predicted octanol–water partition coefficient (Wildman–Crippen LogP) is 1.04. The molecule has 2 N–H and O–H groups in total. The number of hydrogen-bond donors (Lipinski definition) is 2. The second kappa shape index (κ2) is 5.78. The van der Waals surface area contributed by atoms with Gasteiger partial charge in [0, 0.05) is 12.1 Å². The lowest BCUT2D eigenvalue weighted by Crippen LogP contribution is -2.56. The highest BCUT2D eigenvalue weighted by Crippen LogP contribution is 2.35. The van der Waals surface area contributed by atoms with Gasteiger partial charge in [0.25, 0.3) is 0 Å². The van der Waals surface area contributed by atoms with Crippen molar-refractivity contribution in [3.8, 4) is 11.5 Å². The summed E-state index contributed by atoms with van der Waals surface area (Å²) in [5, 5.41) is 9.33. The Labute approximate surface area is 122 Å². The van der Waals surface area contributed by atoms with Crippen molar-refractivity contribution >= 4 is 10.0 Å². The third-order valence-electron chi connectivity index (χ3n) is 3.69. The number of methoxy groups -OCH3 is 2. The predicted molar refractivity (Wildman–Crippen MR) is 73.5 cm³/mol. The molecular formula is C13H18FNO5S. The van der Waals surface area contributed by atoms with Crippen molar-refractivity contribution < 1.29 is 27.4 Å². The second-order valence-corrected chi connectivity index (χ2v) is 6.69. The van der Waals surface area contributed by atoms with Crippen molar-refractivity contribution in [2.45, 2.75) is 29.7 Å². The van der Waals surface area contributed by atoms with Gasteiger partial charge in [0.1, 0.15) is 10.7 Å².